The Morgan fingerprint density at radius 1 is 1.15 bits per heavy atom. The Hall–Kier alpha value is -2.92. The third-order valence-corrected chi connectivity index (χ3v) is 5.13. The van der Waals surface area contributed by atoms with Gasteiger partial charge in [0.2, 0.25) is 0 Å². The summed E-state index contributed by atoms with van der Waals surface area (Å²) >= 11 is 6.32. The Balaban J connectivity index is 1.59. The molecule has 0 saturated carbocycles. The van der Waals surface area contributed by atoms with Gasteiger partial charge < -0.3 is 9.14 Å². The predicted octanol–water partition coefficient (Wildman–Crippen LogP) is 4.82. The summed E-state index contributed by atoms with van der Waals surface area (Å²) in [6.07, 6.45) is 1.68. The van der Waals surface area contributed by atoms with Gasteiger partial charge in [0.1, 0.15) is 17.4 Å². The predicted molar refractivity (Wildman–Crippen MR) is 105 cm³/mol. The van der Waals surface area contributed by atoms with E-state index in [4.69, 9.17) is 16.3 Å². The van der Waals surface area contributed by atoms with Gasteiger partial charge in [-0.2, -0.15) is 0 Å². The van der Waals surface area contributed by atoms with Crippen LogP contribution in [0.15, 0.2) is 42.6 Å². The fourth-order valence-corrected chi connectivity index (χ4v) is 3.26. The van der Waals surface area contributed by atoms with Gasteiger partial charge in [-0.3, -0.25) is 0 Å². The molecule has 0 aliphatic carbocycles. The van der Waals surface area contributed by atoms with E-state index in [1.807, 2.05) is 61.6 Å². The standard InChI is InChI=1S/C21H18ClN3O2/c1-12-7-8-15-9-16(20(22)24-19(15)14(12)3)11-27-21(26)17-10-25-13(2)5-4-6-18(25)23-17/h4-10H,11H2,1-3H3. The van der Waals surface area contributed by atoms with Crippen LogP contribution < -0.4 is 0 Å². The Kier molecular flexibility index (Phi) is 4.32. The molecule has 0 atom stereocenters. The van der Waals surface area contributed by atoms with Crippen LogP contribution in [0.5, 0.6) is 0 Å². The summed E-state index contributed by atoms with van der Waals surface area (Å²) in [4.78, 5) is 21.2. The monoisotopic (exact) mass is 379 g/mol. The van der Waals surface area contributed by atoms with Crippen LogP contribution in [-0.4, -0.2) is 20.3 Å². The molecule has 136 valence electrons. The molecule has 0 fully saturated rings. The highest BCUT2D eigenvalue weighted by molar-refractivity contribution is 6.30. The van der Waals surface area contributed by atoms with Gasteiger partial charge in [0.05, 0.1) is 5.52 Å². The largest absolute Gasteiger partial charge is 0.456 e. The summed E-state index contributed by atoms with van der Waals surface area (Å²) in [7, 11) is 0. The number of nitrogens with zero attached hydrogens (tertiary/aromatic N) is 3. The number of pyridine rings is 2. The van der Waals surface area contributed by atoms with Crippen LogP contribution in [0.3, 0.4) is 0 Å². The SMILES string of the molecule is Cc1ccc2cc(COC(=O)c3cn4c(C)cccc4n3)c(Cl)nc2c1C. The topological polar surface area (TPSA) is 56.5 Å². The van der Waals surface area contributed by atoms with Crippen molar-refractivity contribution in [3.8, 4) is 0 Å². The fourth-order valence-electron chi connectivity index (χ4n) is 3.07. The molecule has 3 aromatic heterocycles. The van der Waals surface area contributed by atoms with E-state index in [0.29, 0.717) is 16.4 Å². The summed E-state index contributed by atoms with van der Waals surface area (Å²) in [5.74, 6) is -0.491. The van der Waals surface area contributed by atoms with Gasteiger partial charge in [-0.1, -0.05) is 29.8 Å². The molecular weight excluding hydrogens is 362 g/mol. The van der Waals surface area contributed by atoms with Crippen LogP contribution >= 0.6 is 11.6 Å². The van der Waals surface area contributed by atoms with Crippen molar-refractivity contribution in [2.45, 2.75) is 27.4 Å². The van der Waals surface area contributed by atoms with Crippen molar-refractivity contribution in [3.63, 3.8) is 0 Å². The maximum Gasteiger partial charge on any atom is 0.358 e. The number of hydrogen-bond acceptors (Lipinski definition) is 4. The average Bonchev–Trinajstić information content (AvgIpc) is 3.09. The fraction of sp³-hybridized carbons (Fsp3) is 0.190. The lowest BCUT2D eigenvalue weighted by atomic mass is 10.0. The third kappa shape index (κ3) is 3.15. The number of aromatic nitrogens is 3. The molecule has 0 saturated heterocycles. The highest BCUT2D eigenvalue weighted by atomic mass is 35.5. The lowest BCUT2D eigenvalue weighted by Crippen LogP contribution is -2.06. The zero-order valence-corrected chi connectivity index (χ0v) is 16.0. The zero-order chi connectivity index (χ0) is 19.1. The Labute approximate surface area is 161 Å². The summed E-state index contributed by atoms with van der Waals surface area (Å²) in [5, 5.41) is 1.31. The maximum absolute atomic E-state index is 12.4. The van der Waals surface area contributed by atoms with E-state index in [9.17, 15) is 4.79 Å². The molecule has 0 unspecified atom stereocenters. The second kappa shape index (κ2) is 6.67. The number of aryl methyl sites for hydroxylation is 3. The summed E-state index contributed by atoms with van der Waals surface area (Å²) < 4.78 is 7.28. The van der Waals surface area contributed by atoms with Crippen molar-refractivity contribution in [2.24, 2.45) is 0 Å². The minimum atomic E-state index is -0.491. The maximum atomic E-state index is 12.4. The second-order valence-electron chi connectivity index (χ2n) is 6.62. The number of esters is 1. The van der Waals surface area contributed by atoms with E-state index < -0.39 is 5.97 Å². The van der Waals surface area contributed by atoms with Crippen molar-refractivity contribution in [3.05, 3.63) is 75.8 Å². The number of carbonyl (C=O) groups is 1. The molecule has 0 spiro atoms. The van der Waals surface area contributed by atoms with Crippen LogP contribution in [-0.2, 0) is 11.3 Å². The van der Waals surface area contributed by atoms with Crippen molar-refractivity contribution in [1.82, 2.24) is 14.4 Å². The molecule has 0 aliphatic heterocycles. The number of ether oxygens (including phenoxy) is 1. The number of halogens is 1. The van der Waals surface area contributed by atoms with Gasteiger partial charge in [0, 0.05) is 22.8 Å². The van der Waals surface area contributed by atoms with Gasteiger partial charge in [-0.05, 0) is 50.1 Å². The Morgan fingerprint density at radius 2 is 1.96 bits per heavy atom. The van der Waals surface area contributed by atoms with Crippen LogP contribution in [0.25, 0.3) is 16.6 Å². The first-order chi connectivity index (χ1) is 12.9. The van der Waals surface area contributed by atoms with E-state index >= 15 is 0 Å². The first kappa shape index (κ1) is 17.5. The summed E-state index contributed by atoms with van der Waals surface area (Å²) in [6.45, 7) is 6.05. The van der Waals surface area contributed by atoms with Gasteiger partial charge >= 0.3 is 5.97 Å². The molecule has 4 rings (SSSR count). The van der Waals surface area contributed by atoms with E-state index in [2.05, 4.69) is 9.97 Å². The first-order valence-corrected chi connectivity index (χ1v) is 8.99. The van der Waals surface area contributed by atoms with Gasteiger partial charge in [0.15, 0.2) is 5.69 Å². The van der Waals surface area contributed by atoms with E-state index in [-0.39, 0.29) is 12.3 Å². The zero-order valence-electron chi connectivity index (χ0n) is 15.3. The summed E-state index contributed by atoms with van der Waals surface area (Å²) in [5.41, 5.74) is 5.75. The molecule has 0 N–H and O–H groups in total. The second-order valence-corrected chi connectivity index (χ2v) is 6.97. The molecular formula is C21H18ClN3O2. The number of benzene rings is 1. The van der Waals surface area contributed by atoms with Crippen molar-refractivity contribution in [2.75, 3.05) is 0 Å². The normalized spacial score (nSPS) is 11.3. The van der Waals surface area contributed by atoms with Crippen LogP contribution in [0.1, 0.15) is 32.9 Å². The van der Waals surface area contributed by atoms with E-state index in [1.54, 1.807) is 6.20 Å². The highest BCUT2D eigenvalue weighted by Gasteiger charge is 2.15. The van der Waals surface area contributed by atoms with Crippen LogP contribution in [0.2, 0.25) is 5.15 Å². The molecule has 0 bridgehead atoms. The minimum Gasteiger partial charge on any atom is -0.456 e. The van der Waals surface area contributed by atoms with E-state index in [0.717, 1.165) is 27.7 Å². The number of hydrogen-bond donors (Lipinski definition) is 0. The molecule has 6 heteroatoms. The van der Waals surface area contributed by atoms with Crippen LogP contribution in [0, 0.1) is 20.8 Å². The molecule has 4 aromatic rings. The van der Waals surface area contributed by atoms with Gasteiger partial charge in [0.25, 0.3) is 0 Å². The number of carbonyl (C=O) groups excluding carboxylic acids is 1. The number of rotatable bonds is 3. The lowest BCUT2D eigenvalue weighted by Gasteiger charge is -2.09. The third-order valence-electron chi connectivity index (χ3n) is 4.80. The van der Waals surface area contributed by atoms with Gasteiger partial charge in [-0.25, -0.2) is 14.8 Å². The van der Waals surface area contributed by atoms with E-state index in [1.165, 1.54) is 0 Å². The molecule has 3 heterocycles. The van der Waals surface area contributed by atoms with Crippen LogP contribution in [0.4, 0.5) is 0 Å². The molecule has 0 amide bonds. The molecule has 0 radical (unpaired) electrons. The number of fused-ring (bicyclic) bond motifs is 2. The summed E-state index contributed by atoms with van der Waals surface area (Å²) in [6, 6.07) is 11.7. The highest BCUT2D eigenvalue weighted by Crippen LogP contribution is 2.25. The Morgan fingerprint density at radius 3 is 2.74 bits per heavy atom. The Bertz CT molecular complexity index is 1200. The van der Waals surface area contributed by atoms with Crippen molar-refractivity contribution >= 4 is 34.1 Å². The molecule has 27 heavy (non-hydrogen) atoms. The number of imidazole rings is 1. The lowest BCUT2D eigenvalue weighted by molar-refractivity contribution is 0.0466. The average molecular weight is 380 g/mol. The first-order valence-electron chi connectivity index (χ1n) is 8.61. The smallest absolute Gasteiger partial charge is 0.358 e. The molecule has 0 aliphatic rings. The quantitative estimate of drug-likeness (QED) is 0.378. The van der Waals surface area contributed by atoms with Gasteiger partial charge in [-0.15, -0.1) is 0 Å². The molecule has 5 nitrogen and oxygen atoms in total. The molecule has 1 aromatic carbocycles. The van der Waals surface area contributed by atoms with Crippen molar-refractivity contribution < 1.29 is 9.53 Å². The van der Waals surface area contributed by atoms with Crippen molar-refractivity contribution in [1.29, 1.82) is 0 Å². The minimum absolute atomic E-state index is 0.0420.